The Kier molecular flexibility index (Phi) is 7.19. The number of ether oxygens (including phenoxy) is 2. The number of carbonyl (C=O) groups excluding carboxylic acids is 1. The van der Waals surface area contributed by atoms with Gasteiger partial charge in [-0.2, -0.15) is 0 Å². The molecule has 2 aromatic carbocycles. The normalized spacial score (nSPS) is 14.6. The average Bonchev–Trinajstić information content (AvgIpc) is 3.20. The number of nitrogens with zero attached hydrogens (tertiary/aromatic N) is 2. The minimum Gasteiger partial charge on any atom is -0.380 e. The van der Waals surface area contributed by atoms with Gasteiger partial charge in [-0.15, -0.1) is 0 Å². The number of carbonyl (C=O) groups is 1. The molecule has 0 atom stereocenters. The number of aromatic nitrogens is 1. The van der Waals surface area contributed by atoms with Gasteiger partial charge < -0.3 is 24.7 Å². The molecule has 2 amide bonds. The van der Waals surface area contributed by atoms with E-state index in [0.717, 1.165) is 61.6 Å². The Morgan fingerprint density at radius 1 is 1.03 bits per heavy atom. The van der Waals surface area contributed by atoms with Gasteiger partial charge in [-0.25, -0.2) is 4.79 Å². The molecule has 0 bridgehead atoms. The van der Waals surface area contributed by atoms with Crippen LogP contribution >= 0.6 is 0 Å². The number of hydrogen-bond donors (Lipinski definition) is 2. The van der Waals surface area contributed by atoms with Crippen LogP contribution in [0.5, 0.6) is 0 Å². The zero-order valence-corrected chi connectivity index (χ0v) is 18.0. The number of fused-ring (bicyclic) bond motifs is 1. The first-order chi connectivity index (χ1) is 15.2. The molecule has 7 nitrogen and oxygen atoms in total. The summed E-state index contributed by atoms with van der Waals surface area (Å²) in [5.74, 6) is 0. The van der Waals surface area contributed by atoms with Gasteiger partial charge in [0.1, 0.15) is 0 Å². The van der Waals surface area contributed by atoms with E-state index in [1.807, 2.05) is 36.4 Å². The Hall–Kier alpha value is -2.87. The van der Waals surface area contributed by atoms with Gasteiger partial charge in [-0.05, 0) is 35.4 Å². The van der Waals surface area contributed by atoms with Gasteiger partial charge in [0, 0.05) is 62.6 Å². The van der Waals surface area contributed by atoms with Gasteiger partial charge >= 0.3 is 6.03 Å². The molecule has 1 saturated heterocycles. The van der Waals surface area contributed by atoms with Crippen molar-refractivity contribution in [2.24, 2.45) is 0 Å². The highest BCUT2D eigenvalue weighted by molar-refractivity contribution is 5.92. The van der Waals surface area contributed by atoms with E-state index < -0.39 is 0 Å². The van der Waals surface area contributed by atoms with Crippen LogP contribution in [0.2, 0.25) is 0 Å². The van der Waals surface area contributed by atoms with Crippen molar-refractivity contribution in [1.29, 1.82) is 0 Å². The van der Waals surface area contributed by atoms with Crippen molar-refractivity contribution in [1.82, 2.24) is 14.8 Å². The van der Waals surface area contributed by atoms with E-state index >= 15 is 0 Å². The minimum atomic E-state index is -0.216. The van der Waals surface area contributed by atoms with Gasteiger partial charge in [-0.3, -0.25) is 4.90 Å². The topological polar surface area (TPSA) is 67.8 Å². The van der Waals surface area contributed by atoms with E-state index in [0.29, 0.717) is 13.2 Å². The van der Waals surface area contributed by atoms with E-state index in [4.69, 9.17) is 9.47 Å². The molecular weight excluding hydrogens is 392 g/mol. The largest absolute Gasteiger partial charge is 0.380 e. The van der Waals surface area contributed by atoms with Crippen LogP contribution in [0.25, 0.3) is 10.9 Å². The van der Waals surface area contributed by atoms with Crippen LogP contribution in [0, 0.1) is 0 Å². The Morgan fingerprint density at radius 2 is 1.81 bits per heavy atom. The van der Waals surface area contributed by atoms with Gasteiger partial charge in [0.05, 0.1) is 19.8 Å². The molecule has 1 aliphatic heterocycles. The van der Waals surface area contributed by atoms with Gasteiger partial charge in [0.2, 0.25) is 0 Å². The van der Waals surface area contributed by atoms with Crippen LogP contribution in [0.3, 0.4) is 0 Å². The minimum absolute atomic E-state index is 0.216. The fourth-order valence-corrected chi connectivity index (χ4v) is 3.82. The van der Waals surface area contributed by atoms with E-state index in [1.165, 1.54) is 5.52 Å². The van der Waals surface area contributed by atoms with Crippen molar-refractivity contribution in [2.45, 2.75) is 19.7 Å². The third-order valence-electron chi connectivity index (χ3n) is 5.58. The number of urea groups is 1. The zero-order valence-electron chi connectivity index (χ0n) is 18.0. The second kappa shape index (κ2) is 10.4. The molecule has 2 heterocycles. The Balaban J connectivity index is 1.29. The average molecular weight is 423 g/mol. The molecule has 0 spiro atoms. The third kappa shape index (κ3) is 5.85. The highest BCUT2D eigenvalue weighted by Gasteiger charge is 2.11. The lowest BCUT2D eigenvalue weighted by Crippen LogP contribution is -2.38. The number of nitrogens with one attached hydrogen (secondary N) is 2. The number of anilines is 1. The maximum Gasteiger partial charge on any atom is 0.319 e. The van der Waals surface area contributed by atoms with E-state index in [9.17, 15) is 4.79 Å². The smallest absolute Gasteiger partial charge is 0.319 e. The Bertz CT molecular complexity index is 994. The van der Waals surface area contributed by atoms with Crippen molar-refractivity contribution < 1.29 is 14.3 Å². The number of rotatable bonds is 8. The van der Waals surface area contributed by atoms with Crippen LogP contribution in [0.1, 0.15) is 11.1 Å². The number of hydrogen-bond acceptors (Lipinski definition) is 4. The number of methoxy groups -OCH3 is 1. The molecule has 0 unspecified atom stereocenters. The molecule has 3 aromatic rings. The van der Waals surface area contributed by atoms with Gasteiger partial charge in [-0.1, -0.05) is 24.3 Å². The highest BCUT2D eigenvalue weighted by atomic mass is 16.5. The van der Waals surface area contributed by atoms with Crippen molar-refractivity contribution in [3.8, 4) is 0 Å². The molecule has 1 aromatic heterocycles. The summed E-state index contributed by atoms with van der Waals surface area (Å²) in [6, 6.07) is 15.9. The second-order valence-electron chi connectivity index (χ2n) is 7.79. The third-order valence-corrected chi connectivity index (χ3v) is 5.58. The summed E-state index contributed by atoms with van der Waals surface area (Å²) < 4.78 is 12.8. The van der Waals surface area contributed by atoms with Gasteiger partial charge in [0.15, 0.2) is 0 Å². The van der Waals surface area contributed by atoms with E-state index in [1.54, 1.807) is 7.11 Å². The molecule has 1 fully saturated rings. The monoisotopic (exact) mass is 422 g/mol. The molecule has 4 rings (SSSR count). The fourth-order valence-electron chi connectivity index (χ4n) is 3.82. The standard InChI is InChI=1S/C24H30N4O3/c1-30-18-20-4-2-19(3-5-20)17-25-24(29)26-22-6-7-23-21(16-22)8-9-28(23)11-10-27-12-14-31-15-13-27/h2-9,16H,10-15,17-18H2,1H3,(H2,25,26,29). The van der Waals surface area contributed by atoms with E-state index in [-0.39, 0.29) is 6.03 Å². The molecule has 2 N–H and O–H groups in total. The van der Waals surface area contributed by atoms with Crippen LogP contribution in [-0.2, 0) is 29.2 Å². The first-order valence-electron chi connectivity index (χ1n) is 10.7. The summed E-state index contributed by atoms with van der Waals surface area (Å²) in [7, 11) is 1.68. The van der Waals surface area contributed by atoms with Crippen molar-refractivity contribution in [2.75, 3.05) is 45.3 Å². The summed E-state index contributed by atoms with van der Waals surface area (Å²) in [6.07, 6.45) is 2.11. The SMILES string of the molecule is COCc1ccc(CNC(=O)Nc2ccc3c(ccn3CCN3CCOCC3)c2)cc1. The molecule has 0 radical (unpaired) electrons. The summed E-state index contributed by atoms with van der Waals surface area (Å²) >= 11 is 0. The fraction of sp³-hybridized carbons (Fsp3) is 0.375. The maximum absolute atomic E-state index is 12.3. The first kappa shape index (κ1) is 21.4. The molecule has 0 saturated carbocycles. The lowest BCUT2D eigenvalue weighted by Gasteiger charge is -2.26. The summed E-state index contributed by atoms with van der Waals surface area (Å²) in [4.78, 5) is 14.7. The van der Waals surface area contributed by atoms with Crippen LogP contribution in [-0.4, -0.2) is 55.5 Å². The lowest BCUT2D eigenvalue weighted by molar-refractivity contribution is 0.0365. The predicted octanol–water partition coefficient (Wildman–Crippen LogP) is 3.44. The first-order valence-corrected chi connectivity index (χ1v) is 10.7. The Labute approximate surface area is 182 Å². The zero-order chi connectivity index (χ0) is 21.5. The highest BCUT2D eigenvalue weighted by Crippen LogP contribution is 2.21. The van der Waals surface area contributed by atoms with Crippen LogP contribution in [0.4, 0.5) is 10.5 Å². The molecular formula is C24H30N4O3. The summed E-state index contributed by atoms with van der Waals surface area (Å²) in [5.41, 5.74) is 4.12. The lowest BCUT2D eigenvalue weighted by atomic mass is 10.1. The predicted molar refractivity (Wildman–Crippen MR) is 122 cm³/mol. The molecule has 0 aliphatic carbocycles. The number of morpholine rings is 1. The van der Waals surface area contributed by atoms with Crippen molar-refractivity contribution >= 4 is 22.6 Å². The number of amides is 2. The molecule has 31 heavy (non-hydrogen) atoms. The Morgan fingerprint density at radius 3 is 2.58 bits per heavy atom. The maximum atomic E-state index is 12.3. The molecule has 164 valence electrons. The number of benzene rings is 2. The van der Waals surface area contributed by atoms with Crippen LogP contribution < -0.4 is 10.6 Å². The summed E-state index contributed by atoms with van der Waals surface area (Å²) in [6.45, 7) is 6.66. The second-order valence-corrected chi connectivity index (χ2v) is 7.79. The van der Waals surface area contributed by atoms with E-state index in [2.05, 4.69) is 38.4 Å². The molecule has 1 aliphatic rings. The quantitative estimate of drug-likeness (QED) is 0.584. The van der Waals surface area contributed by atoms with Crippen molar-refractivity contribution in [3.05, 3.63) is 65.9 Å². The summed E-state index contributed by atoms with van der Waals surface area (Å²) in [5, 5.41) is 6.95. The van der Waals surface area contributed by atoms with Crippen LogP contribution in [0.15, 0.2) is 54.7 Å². The van der Waals surface area contributed by atoms with Gasteiger partial charge in [0.25, 0.3) is 0 Å². The van der Waals surface area contributed by atoms with Crippen molar-refractivity contribution in [3.63, 3.8) is 0 Å². The molecule has 7 heteroatoms.